The van der Waals surface area contributed by atoms with Gasteiger partial charge in [0.2, 0.25) is 0 Å². The number of esters is 2. The second kappa shape index (κ2) is 6.23. The molecule has 1 heterocycles. The SMILES string of the molecule is C=C1C(=O)OC2C1CC(OC(=O)C(C)CC)C(=C)C1CCC(=C)C12. The van der Waals surface area contributed by atoms with Crippen LogP contribution in [0.4, 0.5) is 0 Å². The zero-order valence-electron chi connectivity index (χ0n) is 14.5. The van der Waals surface area contributed by atoms with Gasteiger partial charge in [-0.2, -0.15) is 0 Å². The molecule has 3 fully saturated rings. The smallest absolute Gasteiger partial charge is 0.334 e. The van der Waals surface area contributed by atoms with E-state index in [1.54, 1.807) is 0 Å². The lowest BCUT2D eigenvalue weighted by Gasteiger charge is -2.26. The standard InChI is InChI=1S/C20H26O4/c1-6-10(2)19(21)23-16-9-15-13(5)20(22)24-18(15)17-11(3)7-8-14(17)12(16)4/h10,14-18H,3-9H2,1-2H3. The Balaban J connectivity index is 1.91. The Morgan fingerprint density at radius 1 is 1.33 bits per heavy atom. The zero-order valence-corrected chi connectivity index (χ0v) is 14.5. The fourth-order valence-corrected chi connectivity index (χ4v) is 4.25. The molecule has 1 aliphatic heterocycles. The Morgan fingerprint density at radius 3 is 2.71 bits per heavy atom. The third kappa shape index (κ3) is 2.62. The number of fused-ring (bicyclic) bond motifs is 3. The van der Waals surface area contributed by atoms with Crippen molar-refractivity contribution >= 4 is 11.9 Å². The van der Waals surface area contributed by atoms with Gasteiger partial charge in [-0.25, -0.2) is 4.79 Å². The van der Waals surface area contributed by atoms with Crippen LogP contribution in [-0.2, 0) is 19.1 Å². The summed E-state index contributed by atoms with van der Waals surface area (Å²) in [7, 11) is 0. The molecule has 0 spiro atoms. The van der Waals surface area contributed by atoms with Gasteiger partial charge >= 0.3 is 11.9 Å². The fourth-order valence-electron chi connectivity index (χ4n) is 4.25. The van der Waals surface area contributed by atoms with Crippen molar-refractivity contribution in [2.45, 2.75) is 51.7 Å². The van der Waals surface area contributed by atoms with Crippen LogP contribution in [0.1, 0.15) is 39.5 Å². The van der Waals surface area contributed by atoms with Gasteiger partial charge < -0.3 is 9.47 Å². The Bertz CT molecular complexity index is 617. The molecular formula is C20H26O4. The largest absolute Gasteiger partial charge is 0.458 e. The minimum Gasteiger partial charge on any atom is -0.458 e. The Kier molecular flexibility index (Phi) is 4.41. The fraction of sp³-hybridized carbons (Fsp3) is 0.600. The van der Waals surface area contributed by atoms with Crippen LogP contribution in [0.15, 0.2) is 36.5 Å². The summed E-state index contributed by atoms with van der Waals surface area (Å²) < 4.78 is 11.4. The molecule has 6 unspecified atom stereocenters. The van der Waals surface area contributed by atoms with E-state index in [0.717, 1.165) is 30.4 Å². The first-order valence-electron chi connectivity index (χ1n) is 8.81. The van der Waals surface area contributed by atoms with Gasteiger partial charge in [0.25, 0.3) is 0 Å². The third-order valence-electron chi connectivity index (χ3n) is 6.02. The monoisotopic (exact) mass is 330 g/mol. The first-order chi connectivity index (χ1) is 11.3. The average Bonchev–Trinajstić information content (AvgIpc) is 3.03. The van der Waals surface area contributed by atoms with Gasteiger partial charge in [-0.15, -0.1) is 0 Å². The molecule has 0 N–H and O–H groups in total. The van der Waals surface area contributed by atoms with E-state index in [-0.39, 0.29) is 47.8 Å². The van der Waals surface area contributed by atoms with Crippen LogP contribution in [0.3, 0.4) is 0 Å². The van der Waals surface area contributed by atoms with Crippen molar-refractivity contribution in [3.63, 3.8) is 0 Å². The highest BCUT2D eigenvalue weighted by atomic mass is 16.6. The minimum atomic E-state index is -0.383. The summed E-state index contributed by atoms with van der Waals surface area (Å²) in [4.78, 5) is 24.3. The highest BCUT2D eigenvalue weighted by Crippen LogP contribution is 2.52. The second-order valence-electron chi connectivity index (χ2n) is 7.38. The highest BCUT2D eigenvalue weighted by molar-refractivity contribution is 5.91. The molecule has 0 radical (unpaired) electrons. The predicted octanol–water partition coefficient (Wildman–Crippen LogP) is 3.58. The summed E-state index contributed by atoms with van der Waals surface area (Å²) in [6.07, 6.45) is 2.46. The van der Waals surface area contributed by atoms with Crippen molar-refractivity contribution < 1.29 is 19.1 Å². The summed E-state index contributed by atoms with van der Waals surface area (Å²) in [6, 6.07) is 0. The molecule has 3 rings (SSSR count). The molecule has 2 aliphatic carbocycles. The quantitative estimate of drug-likeness (QED) is 0.451. The van der Waals surface area contributed by atoms with Crippen LogP contribution < -0.4 is 0 Å². The average molecular weight is 330 g/mol. The third-order valence-corrected chi connectivity index (χ3v) is 6.02. The number of rotatable bonds is 3. The van der Waals surface area contributed by atoms with Gasteiger partial charge in [-0.3, -0.25) is 4.79 Å². The molecule has 130 valence electrons. The van der Waals surface area contributed by atoms with E-state index in [9.17, 15) is 9.59 Å². The van der Waals surface area contributed by atoms with Crippen molar-refractivity contribution in [2.24, 2.45) is 23.7 Å². The summed E-state index contributed by atoms with van der Waals surface area (Å²) in [6.45, 7) is 16.2. The predicted molar refractivity (Wildman–Crippen MR) is 91.0 cm³/mol. The maximum Gasteiger partial charge on any atom is 0.334 e. The van der Waals surface area contributed by atoms with Crippen LogP contribution in [0.25, 0.3) is 0 Å². The molecular weight excluding hydrogens is 304 g/mol. The van der Waals surface area contributed by atoms with E-state index in [1.807, 2.05) is 13.8 Å². The molecule has 6 atom stereocenters. The Morgan fingerprint density at radius 2 is 2.04 bits per heavy atom. The molecule has 0 bridgehead atoms. The summed E-state index contributed by atoms with van der Waals surface area (Å²) in [5.74, 6) is -0.585. The molecule has 0 aromatic carbocycles. The van der Waals surface area contributed by atoms with Crippen molar-refractivity contribution in [3.8, 4) is 0 Å². The maximum atomic E-state index is 12.3. The summed E-state index contributed by atoms with van der Waals surface area (Å²) in [5.41, 5.74) is 2.53. The second-order valence-corrected chi connectivity index (χ2v) is 7.38. The lowest BCUT2D eigenvalue weighted by molar-refractivity contribution is -0.152. The highest BCUT2D eigenvalue weighted by Gasteiger charge is 2.53. The lowest BCUT2D eigenvalue weighted by atomic mass is 9.82. The van der Waals surface area contributed by atoms with Crippen LogP contribution in [0.2, 0.25) is 0 Å². The van der Waals surface area contributed by atoms with Crippen LogP contribution in [0, 0.1) is 23.7 Å². The zero-order chi connectivity index (χ0) is 17.6. The van der Waals surface area contributed by atoms with Crippen LogP contribution in [0.5, 0.6) is 0 Å². The van der Waals surface area contributed by atoms with Crippen LogP contribution in [-0.4, -0.2) is 24.1 Å². The maximum absolute atomic E-state index is 12.3. The van der Waals surface area contributed by atoms with E-state index < -0.39 is 0 Å². The molecule has 24 heavy (non-hydrogen) atoms. The first-order valence-corrected chi connectivity index (χ1v) is 8.81. The topological polar surface area (TPSA) is 52.6 Å². The van der Waals surface area contributed by atoms with E-state index in [1.165, 1.54) is 0 Å². The van der Waals surface area contributed by atoms with Crippen LogP contribution >= 0.6 is 0 Å². The summed E-state index contributed by atoms with van der Waals surface area (Å²) in [5, 5.41) is 0. The molecule has 1 saturated heterocycles. The van der Waals surface area contributed by atoms with Crippen molar-refractivity contribution in [3.05, 3.63) is 36.5 Å². The minimum absolute atomic E-state index is 0.0676. The number of carbonyl (C=O) groups is 2. The molecule has 0 aromatic rings. The van der Waals surface area contributed by atoms with Crippen molar-refractivity contribution in [2.75, 3.05) is 0 Å². The van der Waals surface area contributed by atoms with E-state index >= 15 is 0 Å². The number of hydrogen-bond acceptors (Lipinski definition) is 4. The molecule has 4 heteroatoms. The lowest BCUT2D eigenvalue weighted by Crippen LogP contribution is -2.28. The molecule has 3 aliphatic rings. The number of carbonyl (C=O) groups excluding carboxylic acids is 2. The first kappa shape index (κ1) is 17.0. The van der Waals surface area contributed by atoms with E-state index in [4.69, 9.17) is 9.47 Å². The number of ether oxygens (including phenoxy) is 2. The molecule has 2 saturated carbocycles. The Hall–Kier alpha value is -1.84. The van der Waals surface area contributed by atoms with Gasteiger partial charge in [0.05, 0.1) is 5.92 Å². The van der Waals surface area contributed by atoms with Gasteiger partial charge in [0.1, 0.15) is 12.2 Å². The van der Waals surface area contributed by atoms with Gasteiger partial charge in [-0.05, 0) is 37.2 Å². The van der Waals surface area contributed by atoms with E-state index in [2.05, 4.69) is 19.7 Å². The molecule has 4 nitrogen and oxygen atoms in total. The molecule has 0 amide bonds. The van der Waals surface area contributed by atoms with Gasteiger partial charge in [-0.1, -0.05) is 39.2 Å². The normalized spacial score (nSPS) is 36.7. The van der Waals surface area contributed by atoms with E-state index in [0.29, 0.717) is 12.0 Å². The molecule has 0 aromatic heterocycles. The summed E-state index contributed by atoms with van der Waals surface area (Å²) >= 11 is 0. The van der Waals surface area contributed by atoms with Crippen molar-refractivity contribution in [1.29, 1.82) is 0 Å². The van der Waals surface area contributed by atoms with Gasteiger partial charge in [0.15, 0.2) is 0 Å². The number of hydrogen-bond donors (Lipinski definition) is 0. The van der Waals surface area contributed by atoms with Crippen molar-refractivity contribution in [1.82, 2.24) is 0 Å². The Labute approximate surface area is 143 Å². The van der Waals surface area contributed by atoms with Gasteiger partial charge in [0, 0.05) is 17.4 Å².